The quantitative estimate of drug-likeness (QED) is 0.179. The van der Waals surface area contributed by atoms with Crippen LogP contribution < -0.4 is 0 Å². The van der Waals surface area contributed by atoms with Gasteiger partial charge in [0.2, 0.25) is 0 Å². The Labute approximate surface area is 291 Å². The summed E-state index contributed by atoms with van der Waals surface area (Å²) < 4.78 is 6.87. The lowest BCUT2D eigenvalue weighted by atomic mass is 10.1. The Bertz CT molecular complexity index is 3150. The Morgan fingerprint density at radius 1 is 0.431 bits per heavy atom. The first-order valence-corrected chi connectivity index (χ1v) is 16.6. The summed E-state index contributed by atoms with van der Waals surface area (Å²) in [6.45, 7) is 7.80. The van der Waals surface area contributed by atoms with Gasteiger partial charge in [-0.2, -0.15) is 10.5 Å². The molecule has 3 heterocycles. The fourth-order valence-corrected chi connectivity index (χ4v) is 7.95. The van der Waals surface area contributed by atoms with Gasteiger partial charge in [0.1, 0.15) is 0 Å². The van der Waals surface area contributed by atoms with E-state index in [1.54, 1.807) is 0 Å². The lowest BCUT2D eigenvalue weighted by Crippen LogP contribution is -1.99. The molecule has 10 aromatic rings. The molecule has 0 aliphatic heterocycles. The molecule has 0 N–H and O–H groups in total. The predicted molar refractivity (Wildman–Crippen MR) is 205 cm³/mol. The summed E-state index contributed by atoms with van der Waals surface area (Å²) in [4.78, 5) is 3.79. The van der Waals surface area contributed by atoms with Crippen LogP contribution in [0.3, 0.4) is 0 Å². The molecule has 0 spiro atoms. The van der Waals surface area contributed by atoms with Crippen LogP contribution in [0.4, 0.5) is 5.69 Å². The van der Waals surface area contributed by atoms with Crippen molar-refractivity contribution in [2.24, 2.45) is 0 Å². The Balaban J connectivity index is 1.33. The predicted octanol–water partition coefficient (Wildman–Crippen LogP) is 11.3. The maximum Gasteiger partial charge on any atom is 0.188 e. The first-order valence-electron chi connectivity index (χ1n) is 16.6. The van der Waals surface area contributed by atoms with Gasteiger partial charge in [-0.3, -0.25) is 0 Å². The minimum atomic E-state index is 0.570. The monoisotopic (exact) mass is 648 g/mol. The molecule has 0 atom stereocenters. The molecule has 0 unspecified atom stereocenters. The Morgan fingerprint density at radius 3 is 1.69 bits per heavy atom. The standard InChI is InChI=1S/C45H24N6/c1-48-30-16-20-42-38(24-30)34-17-21-43-44(35-12-5-6-13-39(35)49(43)31-8-3-2-4-9-31)45(34)51(42)33-11-7-10-32(25-33)50-40-18-14-28(26-46)22-36(40)37-23-29(27-47)15-19-41(37)50/h2-25H. The van der Waals surface area contributed by atoms with Crippen LogP contribution in [-0.4, -0.2) is 13.7 Å². The molecule has 0 radical (unpaired) electrons. The molecule has 7 aromatic carbocycles. The van der Waals surface area contributed by atoms with Gasteiger partial charge in [0, 0.05) is 44.0 Å². The van der Waals surface area contributed by atoms with E-state index >= 15 is 0 Å². The summed E-state index contributed by atoms with van der Waals surface area (Å²) in [6, 6.07) is 53.9. The lowest BCUT2D eigenvalue weighted by Gasteiger charge is -2.13. The van der Waals surface area contributed by atoms with Gasteiger partial charge in [-0.25, -0.2) is 4.85 Å². The molecular weight excluding hydrogens is 625 g/mol. The first kappa shape index (κ1) is 28.4. The van der Waals surface area contributed by atoms with Crippen molar-refractivity contribution in [1.82, 2.24) is 13.7 Å². The number of hydrogen-bond acceptors (Lipinski definition) is 2. The summed E-state index contributed by atoms with van der Waals surface area (Å²) in [5, 5.41) is 25.7. The van der Waals surface area contributed by atoms with Crippen molar-refractivity contribution in [2.45, 2.75) is 0 Å². The molecule has 0 saturated carbocycles. The SMILES string of the molecule is [C-]#[N+]c1ccc2c(c1)c1ccc3c(c4ccccc4n3-c3ccccc3)c1n2-c1cccc(-n2c3ccc(C#N)cc3c3cc(C#N)ccc32)c1. The van der Waals surface area contributed by atoms with Crippen molar-refractivity contribution in [1.29, 1.82) is 10.5 Å². The fraction of sp³-hybridized carbons (Fsp3) is 0. The summed E-state index contributed by atoms with van der Waals surface area (Å²) in [5.74, 6) is 0. The Kier molecular flexibility index (Phi) is 5.97. The summed E-state index contributed by atoms with van der Waals surface area (Å²) in [5.41, 5.74) is 11.0. The molecule has 0 aliphatic carbocycles. The zero-order valence-electron chi connectivity index (χ0n) is 27.0. The zero-order valence-corrected chi connectivity index (χ0v) is 27.0. The Hall–Kier alpha value is -7.59. The largest absolute Gasteiger partial charge is 0.309 e. The number of rotatable bonds is 3. The van der Waals surface area contributed by atoms with E-state index in [1.807, 2.05) is 54.6 Å². The smallest absolute Gasteiger partial charge is 0.188 e. The highest BCUT2D eigenvalue weighted by molar-refractivity contribution is 6.26. The molecule has 3 aromatic heterocycles. The second-order valence-corrected chi connectivity index (χ2v) is 12.7. The van der Waals surface area contributed by atoms with Crippen LogP contribution in [0.15, 0.2) is 146 Å². The molecule has 6 heteroatoms. The summed E-state index contributed by atoms with van der Waals surface area (Å²) in [6.07, 6.45) is 0. The van der Waals surface area contributed by atoms with Gasteiger partial charge in [0.15, 0.2) is 5.69 Å². The summed E-state index contributed by atoms with van der Waals surface area (Å²) in [7, 11) is 0. The number of para-hydroxylation sites is 2. The van der Waals surface area contributed by atoms with Crippen LogP contribution >= 0.6 is 0 Å². The van der Waals surface area contributed by atoms with Crippen LogP contribution in [0.2, 0.25) is 0 Å². The highest BCUT2D eigenvalue weighted by Gasteiger charge is 2.22. The van der Waals surface area contributed by atoms with Crippen molar-refractivity contribution in [3.8, 4) is 29.2 Å². The minimum absolute atomic E-state index is 0.570. The third kappa shape index (κ3) is 4.01. The molecule has 10 rings (SSSR count). The first-order chi connectivity index (χ1) is 25.2. The third-order valence-electron chi connectivity index (χ3n) is 10.1. The number of benzene rings is 7. The van der Waals surface area contributed by atoms with E-state index in [0.29, 0.717) is 16.8 Å². The van der Waals surface area contributed by atoms with E-state index in [1.165, 1.54) is 0 Å². The molecule has 0 fully saturated rings. The van der Waals surface area contributed by atoms with Gasteiger partial charge in [-0.15, -0.1) is 0 Å². The van der Waals surface area contributed by atoms with E-state index in [4.69, 9.17) is 6.57 Å². The topological polar surface area (TPSA) is 66.7 Å². The number of nitrogens with zero attached hydrogens (tertiary/aromatic N) is 6. The number of aromatic nitrogens is 3. The molecular formula is C45H24N6. The van der Waals surface area contributed by atoms with Crippen LogP contribution in [-0.2, 0) is 0 Å². The molecule has 6 nitrogen and oxygen atoms in total. The highest BCUT2D eigenvalue weighted by Crippen LogP contribution is 2.43. The number of hydrogen-bond donors (Lipinski definition) is 0. The second-order valence-electron chi connectivity index (χ2n) is 12.7. The molecule has 0 aliphatic rings. The highest BCUT2D eigenvalue weighted by atomic mass is 15.0. The molecule has 0 bridgehead atoms. The Morgan fingerprint density at radius 2 is 0.980 bits per heavy atom. The van der Waals surface area contributed by atoms with Crippen molar-refractivity contribution < 1.29 is 0 Å². The lowest BCUT2D eigenvalue weighted by molar-refractivity contribution is 1.14. The average molecular weight is 649 g/mol. The van der Waals surface area contributed by atoms with Crippen LogP contribution in [0.1, 0.15) is 11.1 Å². The average Bonchev–Trinajstić information content (AvgIpc) is 3.82. The van der Waals surface area contributed by atoms with Gasteiger partial charge in [-0.1, -0.05) is 54.6 Å². The van der Waals surface area contributed by atoms with E-state index in [0.717, 1.165) is 82.5 Å². The molecule has 0 saturated heterocycles. The van der Waals surface area contributed by atoms with Crippen molar-refractivity contribution in [3.63, 3.8) is 0 Å². The van der Waals surface area contributed by atoms with Gasteiger partial charge in [0.05, 0.1) is 62.9 Å². The van der Waals surface area contributed by atoms with Crippen molar-refractivity contribution in [3.05, 3.63) is 168 Å². The normalized spacial score (nSPS) is 11.5. The van der Waals surface area contributed by atoms with E-state index in [9.17, 15) is 10.5 Å². The van der Waals surface area contributed by atoms with E-state index in [2.05, 4.69) is 122 Å². The maximum absolute atomic E-state index is 9.72. The van der Waals surface area contributed by atoms with Gasteiger partial charge >= 0.3 is 0 Å². The molecule has 51 heavy (non-hydrogen) atoms. The molecule has 234 valence electrons. The third-order valence-corrected chi connectivity index (χ3v) is 10.1. The van der Waals surface area contributed by atoms with Gasteiger partial charge < -0.3 is 13.7 Å². The van der Waals surface area contributed by atoms with Crippen molar-refractivity contribution >= 4 is 71.1 Å². The van der Waals surface area contributed by atoms with Gasteiger partial charge in [-0.05, 0) is 96.4 Å². The van der Waals surface area contributed by atoms with E-state index in [-0.39, 0.29) is 0 Å². The van der Waals surface area contributed by atoms with E-state index < -0.39 is 0 Å². The number of fused-ring (bicyclic) bond motifs is 10. The second kappa shape index (κ2) is 10.7. The fourth-order valence-electron chi connectivity index (χ4n) is 7.95. The van der Waals surface area contributed by atoms with Gasteiger partial charge in [0.25, 0.3) is 0 Å². The van der Waals surface area contributed by atoms with Crippen LogP contribution in [0.25, 0.3) is 87.3 Å². The van der Waals surface area contributed by atoms with Crippen LogP contribution in [0.5, 0.6) is 0 Å². The maximum atomic E-state index is 9.72. The number of nitriles is 2. The minimum Gasteiger partial charge on any atom is -0.309 e. The van der Waals surface area contributed by atoms with Crippen molar-refractivity contribution in [2.75, 3.05) is 0 Å². The zero-order chi connectivity index (χ0) is 34.2. The molecule has 0 amide bonds. The summed E-state index contributed by atoms with van der Waals surface area (Å²) >= 11 is 0. The van der Waals surface area contributed by atoms with Crippen LogP contribution in [0, 0.1) is 29.2 Å².